The van der Waals surface area contributed by atoms with Crippen LogP contribution in [0, 0.1) is 0 Å². The van der Waals surface area contributed by atoms with Crippen LogP contribution < -0.4 is 15.4 Å². The van der Waals surface area contributed by atoms with Gasteiger partial charge in [-0.15, -0.1) is 0 Å². The molecular formula is C17H24N4O. The van der Waals surface area contributed by atoms with Crippen molar-refractivity contribution < 1.29 is 4.74 Å². The number of nitrogens with zero attached hydrogens (tertiary/aromatic N) is 3. The van der Waals surface area contributed by atoms with Crippen LogP contribution in [0.2, 0.25) is 0 Å². The van der Waals surface area contributed by atoms with Gasteiger partial charge in [0, 0.05) is 24.5 Å². The molecule has 0 unspecified atom stereocenters. The summed E-state index contributed by atoms with van der Waals surface area (Å²) in [5.74, 6) is 1.61. The van der Waals surface area contributed by atoms with Crippen LogP contribution in [-0.2, 0) is 0 Å². The molecule has 0 amide bonds. The zero-order valence-corrected chi connectivity index (χ0v) is 13.5. The molecule has 5 nitrogen and oxygen atoms in total. The van der Waals surface area contributed by atoms with Crippen molar-refractivity contribution in [1.29, 1.82) is 0 Å². The summed E-state index contributed by atoms with van der Waals surface area (Å²) in [6.07, 6.45) is 2.78. The van der Waals surface area contributed by atoms with Crippen molar-refractivity contribution in [2.24, 2.45) is 0 Å². The summed E-state index contributed by atoms with van der Waals surface area (Å²) in [7, 11) is 5.82. The van der Waals surface area contributed by atoms with Crippen LogP contribution in [0.5, 0.6) is 5.75 Å². The third-order valence-electron chi connectivity index (χ3n) is 3.42. The first-order valence-corrected chi connectivity index (χ1v) is 7.38. The summed E-state index contributed by atoms with van der Waals surface area (Å²) in [6, 6.07) is 11.7. The molecule has 1 aromatic carbocycles. The van der Waals surface area contributed by atoms with E-state index in [0.29, 0.717) is 5.69 Å². The third kappa shape index (κ3) is 4.11. The van der Waals surface area contributed by atoms with Gasteiger partial charge in [-0.3, -0.25) is 0 Å². The predicted molar refractivity (Wildman–Crippen MR) is 91.8 cm³/mol. The van der Waals surface area contributed by atoms with E-state index in [9.17, 15) is 0 Å². The van der Waals surface area contributed by atoms with Crippen LogP contribution in [0.15, 0.2) is 42.6 Å². The van der Waals surface area contributed by atoms with E-state index in [2.05, 4.69) is 28.9 Å². The summed E-state index contributed by atoms with van der Waals surface area (Å²) < 4.78 is 5.33. The Morgan fingerprint density at radius 1 is 1.14 bits per heavy atom. The fourth-order valence-corrected chi connectivity index (χ4v) is 2.32. The standard InChI is InChI=1S/C17H24N4O/c1-20(2)11-6-12-21(17-16(18)9-5-10-19-17)14-7-4-8-15(13-14)22-3/h4-5,7-10,13H,6,11-12,18H2,1-3H3. The quantitative estimate of drug-likeness (QED) is 0.852. The SMILES string of the molecule is COc1cccc(N(CCCN(C)C)c2ncccc2N)c1. The lowest BCUT2D eigenvalue weighted by molar-refractivity contribution is 0.402. The molecule has 2 rings (SSSR count). The number of benzene rings is 1. The third-order valence-corrected chi connectivity index (χ3v) is 3.42. The Bertz CT molecular complexity index is 601. The Labute approximate surface area is 132 Å². The molecular weight excluding hydrogens is 276 g/mol. The monoisotopic (exact) mass is 300 g/mol. The first kappa shape index (κ1) is 16.1. The molecule has 0 bridgehead atoms. The van der Waals surface area contributed by atoms with Gasteiger partial charge in [0.1, 0.15) is 5.75 Å². The minimum Gasteiger partial charge on any atom is -0.497 e. The number of methoxy groups -OCH3 is 1. The second kappa shape index (κ2) is 7.66. The number of hydrogen-bond donors (Lipinski definition) is 1. The molecule has 0 aliphatic rings. The molecule has 0 saturated carbocycles. The van der Waals surface area contributed by atoms with Crippen molar-refractivity contribution in [3.8, 4) is 5.75 Å². The first-order valence-electron chi connectivity index (χ1n) is 7.38. The highest BCUT2D eigenvalue weighted by molar-refractivity contribution is 5.71. The van der Waals surface area contributed by atoms with Gasteiger partial charge in [0.05, 0.1) is 12.8 Å². The lowest BCUT2D eigenvalue weighted by Gasteiger charge is -2.26. The van der Waals surface area contributed by atoms with E-state index in [1.54, 1.807) is 13.3 Å². The van der Waals surface area contributed by atoms with E-state index in [4.69, 9.17) is 10.5 Å². The number of aromatic nitrogens is 1. The number of pyridine rings is 1. The minimum absolute atomic E-state index is 0.676. The zero-order valence-electron chi connectivity index (χ0n) is 13.5. The summed E-state index contributed by atoms with van der Waals surface area (Å²) in [5, 5.41) is 0. The molecule has 0 saturated heterocycles. The van der Waals surface area contributed by atoms with Gasteiger partial charge in [0.25, 0.3) is 0 Å². The molecule has 0 atom stereocenters. The van der Waals surface area contributed by atoms with E-state index < -0.39 is 0 Å². The minimum atomic E-state index is 0.676. The van der Waals surface area contributed by atoms with Gasteiger partial charge in [-0.25, -0.2) is 4.98 Å². The van der Waals surface area contributed by atoms with Crippen molar-refractivity contribution >= 4 is 17.2 Å². The maximum atomic E-state index is 6.12. The molecule has 0 spiro atoms. The van der Waals surface area contributed by atoms with Crippen LogP contribution in [0.1, 0.15) is 6.42 Å². The van der Waals surface area contributed by atoms with E-state index in [1.807, 2.05) is 36.4 Å². The van der Waals surface area contributed by atoms with Crippen molar-refractivity contribution in [3.05, 3.63) is 42.6 Å². The van der Waals surface area contributed by atoms with Crippen molar-refractivity contribution in [2.45, 2.75) is 6.42 Å². The van der Waals surface area contributed by atoms with E-state index in [1.165, 1.54) is 0 Å². The number of nitrogen functional groups attached to an aromatic ring is 1. The largest absolute Gasteiger partial charge is 0.497 e. The van der Waals surface area contributed by atoms with Crippen LogP contribution in [0.25, 0.3) is 0 Å². The second-order valence-corrected chi connectivity index (χ2v) is 5.43. The average molecular weight is 300 g/mol. The van der Waals surface area contributed by atoms with Crippen LogP contribution in [-0.4, -0.2) is 44.2 Å². The van der Waals surface area contributed by atoms with Crippen LogP contribution >= 0.6 is 0 Å². The lowest BCUT2D eigenvalue weighted by Crippen LogP contribution is -2.24. The van der Waals surface area contributed by atoms with Crippen molar-refractivity contribution in [1.82, 2.24) is 9.88 Å². The molecule has 5 heteroatoms. The molecule has 118 valence electrons. The normalized spacial score (nSPS) is 10.7. The number of hydrogen-bond acceptors (Lipinski definition) is 5. The molecule has 0 aliphatic heterocycles. The summed E-state index contributed by atoms with van der Waals surface area (Å²) >= 11 is 0. The van der Waals surface area contributed by atoms with E-state index in [0.717, 1.165) is 36.8 Å². The van der Waals surface area contributed by atoms with Gasteiger partial charge >= 0.3 is 0 Å². The number of rotatable bonds is 7. The van der Waals surface area contributed by atoms with Gasteiger partial charge < -0.3 is 20.3 Å². The van der Waals surface area contributed by atoms with Gasteiger partial charge in [-0.05, 0) is 51.3 Å². The molecule has 2 aromatic rings. The maximum absolute atomic E-state index is 6.12. The molecule has 0 radical (unpaired) electrons. The number of ether oxygens (including phenoxy) is 1. The molecule has 0 fully saturated rings. The maximum Gasteiger partial charge on any atom is 0.156 e. The fraction of sp³-hybridized carbons (Fsp3) is 0.353. The van der Waals surface area contributed by atoms with Gasteiger partial charge in [0.2, 0.25) is 0 Å². The molecule has 2 N–H and O–H groups in total. The number of anilines is 3. The Hall–Kier alpha value is -2.27. The van der Waals surface area contributed by atoms with Crippen LogP contribution in [0.4, 0.5) is 17.2 Å². The van der Waals surface area contributed by atoms with E-state index >= 15 is 0 Å². The van der Waals surface area contributed by atoms with Crippen LogP contribution in [0.3, 0.4) is 0 Å². The number of nitrogens with two attached hydrogens (primary N) is 1. The lowest BCUT2D eigenvalue weighted by atomic mass is 10.2. The highest BCUT2D eigenvalue weighted by atomic mass is 16.5. The second-order valence-electron chi connectivity index (χ2n) is 5.43. The Morgan fingerprint density at radius 3 is 2.64 bits per heavy atom. The van der Waals surface area contributed by atoms with Gasteiger partial charge in [-0.2, -0.15) is 0 Å². The highest BCUT2D eigenvalue weighted by Crippen LogP contribution is 2.30. The molecule has 0 aliphatic carbocycles. The van der Waals surface area contributed by atoms with Crippen molar-refractivity contribution in [2.75, 3.05) is 44.9 Å². The molecule has 22 heavy (non-hydrogen) atoms. The summed E-state index contributed by atoms with van der Waals surface area (Å²) in [6.45, 7) is 1.85. The fourth-order valence-electron chi connectivity index (χ4n) is 2.32. The summed E-state index contributed by atoms with van der Waals surface area (Å²) in [5.41, 5.74) is 7.82. The topological polar surface area (TPSA) is 54.6 Å². The molecule has 1 heterocycles. The average Bonchev–Trinajstić information content (AvgIpc) is 2.52. The Morgan fingerprint density at radius 2 is 1.95 bits per heavy atom. The molecule has 1 aromatic heterocycles. The highest BCUT2D eigenvalue weighted by Gasteiger charge is 2.14. The summed E-state index contributed by atoms with van der Waals surface area (Å²) in [4.78, 5) is 8.77. The Balaban J connectivity index is 2.30. The Kier molecular flexibility index (Phi) is 5.61. The van der Waals surface area contributed by atoms with E-state index in [-0.39, 0.29) is 0 Å². The first-order chi connectivity index (χ1) is 10.6. The predicted octanol–water partition coefficient (Wildman–Crippen LogP) is 2.76. The zero-order chi connectivity index (χ0) is 15.9. The van der Waals surface area contributed by atoms with Crippen molar-refractivity contribution in [3.63, 3.8) is 0 Å². The van der Waals surface area contributed by atoms with Gasteiger partial charge in [0.15, 0.2) is 5.82 Å². The van der Waals surface area contributed by atoms with Gasteiger partial charge in [-0.1, -0.05) is 6.07 Å². The smallest absolute Gasteiger partial charge is 0.156 e.